The number of fused-ring (bicyclic) bond motifs is 3. The Morgan fingerprint density at radius 2 is 1.67 bits per heavy atom. The molecule has 2 aromatic carbocycles. The Morgan fingerprint density at radius 3 is 2.36 bits per heavy atom. The molecule has 0 aliphatic carbocycles. The molecule has 0 aliphatic rings. The minimum atomic E-state index is -2.32. The zero-order chi connectivity index (χ0) is 37.5. The Bertz CT molecular complexity index is 2160. The van der Waals surface area contributed by atoms with Gasteiger partial charge >= 0.3 is 128 Å². The molecule has 0 amide bonds. The van der Waals surface area contributed by atoms with Gasteiger partial charge < -0.3 is 9.40 Å². The van der Waals surface area contributed by atoms with Gasteiger partial charge in [-0.25, -0.2) is 4.98 Å². The molecule has 0 spiro atoms. The van der Waals surface area contributed by atoms with Crippen LogP contribution in [-0.4, -0.2) is 28.2 Å². The van der Waals surface area contributed by atoms with Gasteiger partial charge in [-0.05, 0) is 43.0 Å². The van der Waals surface area contributed by atoms with Crippen molar-refractivity contribution in [2.75, 3.05) is 0 Å². The fourth-order valence-electron chi connectivity index (χ4n) is 4.99. The van der Waals surface area contributed by atoms with Crippen LogP contribution in [0.25, 0.3) is 44.6 Å². The summed E-state index contributed by atoms with van der Waals surface area (Å²) in [7, 11) is 0. The summed E-state index contributed by atoms with van der Waals surface area (Å²) in [4.78, 5) is 13.2. The van der Waals surface area contributed by atoms with E-state index in [-0.39, 0.29) is 43.3 Å². The van der Waals surface area contributed by atoms with Crippen LogP contribution in [0.5, 0.6) is 0 Å². The average molecular weight is 842 g/mol. The van der Waals surface area contributed by atoms with Gasteiger partial charge in [0.25, 0.3) is 0 Å². The van der Waals surface area contributed by atoms with Crippen molar-refractivity contribution in [2.24, 2.45) is 11.8 Å². The van der Waals surface area contributed by atoms with Gasteiger partial charge in [-0.2, -0.15) is 0 Å². The number of pyridine rings is 3. The number of aromatic nitrogens is 3. The van der Waals surface area contributed by atoms with Gasteiger partial charge in [0.05, 0.1) is 5.58 Å². The number of nitrogens with zero attached hydrogens (tertiary/aromatic N) is 3. The average Bonchev–Trinajstić information content (AvgIpc) is 3.46. The molecule has 0 aliphatic heterocycles. The molecule has 45 heavy (non-hydrogen) atoms. The SMILES string of the molecule is [2H]C([2H])([2H])c1ccc2c(n1)oc1c(-c3cc(C([2H])([2H])C(C)C)ccn3)[c-]ccc12.[2H]C([2H])(c1cc(-c2[c-]cccc2)nc[c]1[Ge]([CH3])([CH3])[CH3])C(C)C.[Ir]. The molecule has 0 fully saturated rings. The van der Waals surface area contributed by atoms with Crippen LogP contribution >= 0.6 is 0 Å². The van der Waals surface area contributed by atoms with Crippen LogP contribution < -0.4 is 4.40 Å². The van der Waals surface area contributed by atoms with Crippen molar-refractivity contribution >= 4 is 39.7 Å². The maximum absolute atomic E-state index is 8.56. The summed E-state index contributed by atoms with van der Waals surface area (Å²) in [6.07, 6.45) is 0.632. The van der Waals surface area contributed by atoms with Crippen LogP contribution in [0.1, 0.15) is 54.1 Å². The van der Waals surface area contributed by atoms with E-state index >= 15 is 0 Å². The van der Waals surface area contributed by atoms with E-state index in [0.29, 0.717) is 27.8 Å². The number of benzene rings is 2. The van der Waals surface area contributed by atoms with Crippen LogP contribution in [0.15, 0.2) is 83.5 Å². The van der Waals surface area contributed by atoms with Gasteiger partial charge in [0.1, 0.15) is 0 Å². The van der Waals surface area contributed by atoms with E-state index < -0.39 is 32.9 Å². The second-order valence-corrected chi connectivity index (χ2v) is 23.0. The molecule has 6 rings (SSSR count). The third kappa shape index (κ3) is 8.58. The topological polar surface area (TPSA) is 51.8 Å². The Hall–Kier alpha value is -3.12. The van der Waals surface area contributed by atoms with Gasteiger partial charge in [-0.1, -0.05) is 36.4 Å². The molecule has 0 bridgehead atoms. The summed E-state index contributed by atoms with van der Waals surface area (Å²) in [6.45, 7) is 5.23. The predicted octanol–water partition coefficient (Wildman–Crippen LogP) is 9.64. The standard InChI is InChI=1S/C21H19N2O.C18H24GeN.Ir/c1-13(2)11-15-9-10-22-19(12-15)18-6-4-5-16-17-8-7-14(3)23-21(17)24-20(16)18;1-14(2)11-16-12-18(15-9-7-6-8-10-15)20-13-17(16)19(3,4)5;/h4-5,7-10,12-13H,11H2,1-3H3;6-9,12-14H,11H2,1-5H3;/q2*-1;/i3D3,11D2;11D2;. The molecule has 235 valence electrons. The summed E-state index contributed by atoms with van der Waals surface area (Å²) < 4.78 is 63.6. The maximum Gasteiger partial charge on any atom is 0 e. The fraction of sp³-hybridized carbons (Fsp3) is 0.308. The monoisotopic (exact) mass is 843 g/mol. The number of furan rings is 1. The van der Waals surface area contributed by atoms with Crippen molar-refractivity contribution in [1.82, 2.24) is 15.0 Å². The van der Waals surface area contributed by atoms with Crippen LogP contribution in [0, 0.1) is 30.8 Å². The molecule has 0 unspecified atom stereocenters. The van der Waals surface area contributed by atoms with Crippen molar-refractivity contribution < 1.29 is 34.1 Å². The first-order valence-corrected chi connectivity index (χ1v) is 22.3. The van der Waals surface area contributed by atoms with Crippen molar-refractivity contribution in [3.05, 3.63) is 108 Å². The quantitative estimate of drug-likeness (QED) is 0.119. The second kappa shape index (κ2) is 15.0. The van der Waals surface area contributed by atoms with E-state index in [0.717, 1.165) is 26.6 Å². The summed E-state index contributed by atoms with van der Waals surface area (Å²) in [6, 6.07) is 26.1. The van der Waals surface area contributed by atoms with Gasteiger partial charge in [0.2, 0.25) is 5.71 Å². The molecule has 4 nitrogen and oxygen atoms in total. The fourth-order valence-corrected chi connectivity index (χ4v) is 7.93. The van der Waals surface area contributed by atoms with E-state index in [1.165, 1.54) is 6.07 Å². The molecule has 0 saturated heterocycles. The van der Waals surface area contributed by atoms with E-state index in [2.05, 4.69) is 44.4 Å². The first kappa shape index (κ1) is 26.0. The normalized spacial score (nSPS) is 14.7. The smallest absolute Gasteiger partial charge is 0 e. The number of aryl methyl sites for hydroxylation is 1. The molecule has 0 saturated carbocycles. The Balaban J connectivity index is 0.000000237. The molecule has 6 heteroatoms. The Kier molecular flexibility index (Phi) is 8.66. The van der Waals surface area contributed by atoms with E-state index in [1.807, 2.05) is 70.3 Å². The zero-order valence-corrected chi connectivity index (χ0v) is 31.2. The second-order valence-electron chi connectivity index (χ2n) is 12.4. The van der Waals surface area contributed by atoms with Crippen molar-refractivity contribution in [3.63, 3.8) is 0 Å². The van der Waals surface area contributed by atoms with E-state index in [9.17, 15) is 0 Å². The molecular weight excluding hydrogens is 791 g/mol. The van der Waals surface area contributed by atoms with E-state index in [1.54, 1.807) is 30.5 Å². The summed E-state index contributed by atoms with van der Waals surface area (Å²) >= 11 is -2.20. The van der Waals surface area contributed by atoms with Gasteiger partial charge in [-0.15, -0.1) is 18.2 Å². The van der Waals surface area contributed by atoms with Crippen LogP contribution in [0.3, 0.4) is 0 Å². The predicted molar refractivity (Wildman–Crippen MR) is 187 cm³/mol. The molecule has 4 aromatic heterocycles. The van der Waals surface area contributed by atoms with Crippen molar-refractivity contribution in [3.8, 4) is 22.5 Å². The van der Waals surface area contributed by atoms with Crippen LogP contribution in [-0.2, 0) is 32.9 Å². The minimum absolute atomic E-state index is 0. The zero-order valence-electron chi connectivity index (χ0n) is 33.7. The maximum atomic E-state index is 8.56. The first-order valence-electron chi connectivity index (χ1n) is 18.4. The third-order valence-corrected chi connectivity index (χ3v) is 11.1. The van der Waals surface area contributed by atoms with Gasteiger partial charge in [0, 0.05) is 44.2 Å². The third-order valence-electron chi connectivity index (χ3n) is 6.91. The number of rotatable bonds is 7. The van der Waals surface area contributed by atoms with Crippen LogP contribution in [0.2, 0.25) is 17.3 Å². The summed E-state index contributed by atoms with van der Waals surface area (Å²) in [5.74, 6) is 6.57. The largest absolute Gasteiger partial charge is 0 e. The molecule has 6 aromatic rings. The number of hydrogen-bond acceptors (Lipinski definition) is 4. The number of hydrogen-bond donors (Lipinski definition) is 0. The summed E-state index contributed by atoms with van der Waals surface area (Å²) in [5.41, 5.74) is 4.88. The minimum Gasteiger partial charge on any atom is 0 e. The molecule has 0 atom stereocenters. The Labute approximate surface area is 294 Å². The molecule has 0 N–H and O–H groups in total. The Morgan fingerprint density at radius 1 is 0.867 bits per heavy atom. The summed E-state index contributed by atoms with van der Waals surface area (Å²) in [5, 5.41) is 1.48. The van der Waals surface area contributed by atoms with Crippen molar-refractivity contribution in [2.45, 2.75) is 64.6 Å². The van der Waals surface area contributed by atoms with E-state index in [4.69, 9.17) is 14.0 Å². The molecule has 1 radical (unpaired) electrons. The molecular formula is C39H43GeIrN3O-2. The molecule has 4 heterocycles. The first-order chi connectivity index (χ1) is 23.7. The van der Waals surface area contributed by atoms with Gasteiger partial charge in [-0.3, -0.25) is 0 Å². The van der Waals surface area contributed by atoms with Gasteiger partial charge in [0.15, 0.2) is 0 Å². The van der Waals surface area contributed by atoms with Crippen molar-refractivity contribution in [1.29, 1.82) is 0 Å². The van der Waals surface area contributed by atoms with Crippen LogP contribution in [0.4, 0.5) is 0 Å².